The van der Waals surface area contributed by atoms with Gasteiger partial charge in [0.2, 0.25) is 0 Å². The summed E-state index contributed by atoms with van der Waals surface area (Å²) in [5.41, 5.74) is 0.126. The molecule has 0 spiro atoms. The van der Waals surface area contributed by atoms with Gasteiger partial charge in [-0.05, 0) is 24.0 Å². The topological polar surface area (TPSA) is 161 Å². The highest BCUT2D eigenvalue weighted by molar-refractivity contribution is 5.92. The fourth-order valence-corrected chi connectivity index (χ4v) is 4.76. The number of ether oxygens (including phenoxy) is 6. The van der Waals surface area contributed by atoms with Crippen LogP contribution in [-0.2, 0) is 52.4 Å². The SMILES string of the molecule is CC(=O)OC[C@H]1O[C@@H](O[C@H](C)/C=C/[C@H]2C(CO)=CC(=O)CC2(C)C)[C@H](OC(C)=O)[C@@H](OC(C)=O)[C@@H]1OC(C)=O. The van der Waals surface area contributed by atoms with Crippen LogP contribution in [0, 0.1) is 11.3 Å². The minimum atomic E-state index is -1.34. The van der Waals surface area contributed by atoms with E-state index in [-0.39, 0.29) is 24.9 Å². The fourth-order valence-electron chi connectivity index (χ4n) is 4.76. The number of aliphatic hydroxyl groups is 1. The van der Waals surface area contributed by atoms with E-state index in [2.05, 4.69) is 0 Å². The van der Waals surface area contributed by atoms with E-state index in [9.17, 15) is 29.1 Å². The van der Waals surface area contributed by atoms with E-state index in [1.54, 1.807) is 13.0 Å². The van der Waals surface area contributed by atoms with Gasteiger partial charge in [0.25, 0.3) is 0 Å². The van der Waals surface area contributed by atoms with Crippen LogP contribution in [0.5, 0.6) is 0 Å². The Balaban J connectivity index is 2.38. The number of hydrogen-bond acceptors (Lipinski definition) is 12. The van der Waals surface area contributed by atoms with Crippen LogP contribution in [0.4, 0.5) is 0 Å². The number of ketones is 1. The van der Waals surface area contributed by atoms with Crippen molar-refractivity contribution in [2.45, 2.75) is 91.7 Å². The molecule has 39 heavy (non-hydrogen) atoms. The van der Waals surface area contributed by atoms with Gasteiger partial charge in [0.05, 0.1) is 12.7 Å². The predicted molar refractivity (Wildman–Crippen MR) is 134 cm³/mol. The Hall–Kier alpha value is -3.09. The summed E-state index contributed by atoms with van der Waals surface area (Å²) in [6.07, 6.45) is -1.77. The van der Waals surface area contributed by atoms with Gasteiger partial charge in [-0.15, -0.1) is 0 Å². The monoisotopic (exact) mass is 554 g/mol. The quantitative estimate of drug-likeness (QED) is 0.236. The molecule has 0 saturated carbocycles. The maximum atomic E-state index is 12.1. The summed E-state index contributed by atoms with van der Waals surface area (Å²) >= 11 is 0. The largest absolute Gasteiger partial charge is 0.463 e. The molecule has 1 fully saturated rings. The Bertz CT molecular complexity index is 997. The highest BCUT2D eigenvalue weighted by atomic mass is 16.7. The number of carbonyl (C=O) groups is 5. The van der Waals surface area contributed by atoms with Crippen molar-refractivity contribution in [1.82, 2.24) is 0 Å². The average Bonchev–Trinajstić information content (AvgIpc) is 2.79. The van der Waals surface area contributed by atoms with Crippen molar-refractivity contribution in [3.63, 3.8) is 0 Å². The van der Waals surface area contributed by atoms with E-state index >= 15 is 0 Å². The first-order chi connectivity index (χ1) is 18.1. The van der Waals surface area contributed by atoms with E-state index in [4.69, 9.17) is 28.4 Å². The molecular formula is C27H38O12. The zero-order valence-corrected chi connectivity index (χ0v) is 23.3. The van der Waals surface area contributed by atoms with E-state index in [0.717, 1.165) is 20.8 Å². The van der Waals surface area contributed by atoms with Crippen LogP contribution >= 0.6 is 0 Å². The van der Waals surface area contributed by atoms with Crippen molar-refractivity contribution in [3.05, 3.63) is 23.8 Å². The van der Waals surface area contributed by atoms with Crippen LogP contribution in [0.25, 0.3) is 0 Å². The summed E-state index contributed by atoms with van der Waals surface area (Å²) in [5.74, 6) is -3.14. The molecule has 1 heterocycles. The third kappa shape index (κ3) is 9.26. The smallest absolute Gasteiger partial charge is 0.303 e. The summed E-state index contributed by atoms with van der Waals surface area (Å²) in [5, 5.41) is 9.80. The number of rotatable bonds is 10. The van der Waals surface area contributed by atoms with E-state index in [1.165, 1.54) is 13.0 Å². The molecular weight excluding hydrogens is 516 g/mol. The summed E-state index contributed by atoms with van der Waals surface area (Å²) in [6.45, 7) is 9.50. The van der Waals surface area contributed by atoms with Gasteiger partial charge in [-0.3, -0.25) is 24.0 Å². The molecule has 12 heteroatoms. The first-order valence-corrected chi connectivity index (χ1v) is 12.6. The van der Waals surface area contributed by atoms with Crippen molar-refractivity contribution in [3.8, 4) is 0 Å². The van der Waals surface area contributed by atoms with Crippen molar-refractivity contribution >= 4 is 29.7 Å². The first-order valence-electron chi connectivity index (χ1n) is 12.6. The maximum Gasteiger partial charge on any atom is 0.303 e. The lowest BCUT2D eigenvalue weighted by atomic mass is 9.68. The van der Waals surface area contributed by atoms with Gasteiger partial charge in [0.1, 0.15) is 12.7 Å². The molecule has 0 aromatic rings. The van der Waals surface area contributed by atoms with Gasteiger partial charge in [-0.1, -0.05) is 26.0 Å². The van der Waals surface area contributed by atoms with Crippen LogP contribution in [-0.4, -0.2) is 84.8 Å². The van der Waals surface area contributed by atoms with Gasteiger partial charge >= 0.3 is 23.9 Å². The van der Waals surface area contributed by atoms with Crippen LogP contribution in [0.15, 0.2) is 23.8 Å². The van der Waals surface area contributed by atoms with Gasteiger partial charge < -0.3 is 33.5 Å². The zero-order valence-electron chi connectivity index (χ0n) is 23.3. The lowest BCUT2D eigenvalue weighted by molar-refractivity contribution is -0.312. The molecule has 0 amide bonds. The molecule has 0 aromatic carbocycles. The van der Waals surface area contributed by atoms with Crippen LogP contribution in [0.2, 0.25) is 0 Å². The third-order valence-corrected chi connectivity index (χ3v) is 6.27. The van der Waals surface area contributed by atoms with E-state index in [1.807, 2.05) is 19.9 Å². The van der Waals surface area contributed by atoms with Gasteiger partial charge in [0.15, 0.2) is 30.4 Å². The summed E-state index contributed by atoms with van der Waals surface area (Å²) in [6, 6.07) is 0. The molecule has 1 N–H and O–H groups in total. The van der Waals surface area contributed by atoms with E-state index < -0.39 is 66.1 Å². The fraction of sp³-hybridized carbons (Fsp3) is 0.667. The van der Waals surface area contributed by atoms with Gasteiger partial charge in [0, 0.05) is 40.0 Å². The Morgan fingerprint density at radius 2 is 1.56 bits per heavy atom. The first kappa shape index (κ1) is 32.1. The maximum absolute atomic E-state index is 12.1. The minimum absolute atomic E-state index is 0.0597. The summed E-state index contributed by atoms with van der Waals surface area (Å²) in [4.78, 5) is 59.3. The Morgan fingerprint density at radius 1 is 1.00 bits per heavy atom. The molecule has 0 bridgehead atoms. The molecule has 0 radical (unpaired) electrons. The van der Waals surface area contributed by atoms with Crippen molar-refractivity contribution in [2.24, 2.45) is 11.3 Å². The van der Waals surface area contributed by atoms with Crippen molar-refractivity contribution in [2.75, 3.05) is 13.2 Å². The van der Waals surface area contributed by atoms with Crippen molar-refractivity contribution < 1.29 is 57.5 Å². The predicted octanol–water partition coefficient (Wildman–Crippen LogP) is 1.56. The molecule has 7 atom stereocenters. The number of carbonyl (C=O) groups excluding carboxylic acids is 5. The zero-order chi connectivity index (χ0) is 29.5. The molecule has 1 saturated heterocycles. The second-order valence-corrected chi connectivity index (χ2v) is 10.3. The van der Waals surface area contributed by atoms with Crippen LogP contribution in [0.3, 0.4) is 0 Å². The molecule has 1 aliphatic heterocycles. The molecule has 12 nitrogen and oxygen atoms in total. The second kappa shape index (κ2) is 13.8. The standard InChI is InChI=1S/C27H38O12/c1-14(8-9-21-19(12-28)10-20(33)11-27(21,6)7)35-26-25(38-18(5)32)24(37-17(4)31)23(36-16(3)30)22(39-26)13-34-15(2)29/h8-10,14,21-26,28H,11-13H2,1-7H3/b9-8+/t14-,21+,22-,23-,24+,25-,26-/m1/s1. The summed E-state index contributed by atoms with van der Waals surface area (Å²) < 4.78 is 33.2. The van der Waals surface area contributed by atoms with Gasteiger partial charge in [-0.2, -0.15) is 0 Å². The molecule has 1 aliphatic carbocycles. The molecule has 0 unspecified atom stereocenters. The Morgan fingerprint density at radius 3 is 2.10 bits per heavy atom. The normalized spacial score (nSPS) is 29.2. The summed E-state index contributed by atoms with van der Waals surface area (Å²) in [7, 11) is 0. The lowest BCUT2D eigenvalue weighted by Crippen LogP contribution is -2.63. The third-order valence-electron chi connectivity index (χ3n) is 6.27. The highest BCUT2D eigenvalue weighted by Gasteiger charge is 2.53. The highest BCUT2D eigenvalue weighted by Crippen LogP contribution is 2.40. The number of allylic oxidation sites excluding steroid dienone is 2. The molecule has 2 aliphatic rings. The van der Waals surface area contributed by atoms with Crippen molar-refractivity contribution in [1.29, 1.82) is 0 Å². The van der Waals surface area contributed by atoms with E-state index in [0.29, 0.717) is 12.0 Å². The van der Waals surface area contributed by atoms with Crippen LogP contribution in [0.1, 0.15) is 54.9 Å². The average molecular weight is 555 g/mol. The van der Waals surface area contributed by atoms with Crippen LogP contribution < -0.4 is 0 Å². The lowest BCUT2D eigenvalue weighted by Gasteiger charge is -2.44. The number of aliphatic hydroxyl groups excluding tert-OH is 1. The second-order valence-electron chi connectivity index (χ2n) is 10.3. The molecule has 218 valence electrons. The molecule has 0 aromatic heterocycles. The minimum Gasteiger partial charge on any atom is -0.463 e. The Kier molecular flexibility index (Phi) is 11.4. The molecule has 2 rings (SSSR count). The number of esters is 4. The Labute approximate surface area is 227 Å². The van der Waals surface area contributed by atoms with Gasteiger partial charge in [-0.25, -0.2) is 0 Å². The number of hydrogen-bond donors (Lipinski definition) is 1.